The normalized spacial score (nSPS) is 14.2. The first-order valence-electron chi connectivity index (χ1n) is 7.94. The van der Waals surface area contributed by atoms with Gasteiger partial charge in [0.05, 0.1) is 0 Å². The third-order valence-corrected chi connectivity index (χ3v) is 3.93. The lowest BCUT2D eigenvalue weighted by molar-refractivity contribution is -0.407. The number of nitrogens with one attached hydrogen (secondary N) is 1. The second-order valence-electron chi connectivity index (χ2n) is 6.07. The molecule has 1 aromatic rings. The van der Waals surface area contributed by atoms with Gasteiger partial charge in [0.1, 0.15) is 0 Å². The van der Waals surface area contributed by atoms with Crippen LogP contribution in [0.25, 0.3) is 0 Å². The quantitative estimate of drug-likeness (QED) is 0.376. The van der Waals surface area contributed by atoms with Gasteiger partial charge in [0, 0.05) is 6.54 Å². The largest absolute Gasteiger partial charge is 0.392 e. The second-order valence-corrected chi connectivity index (χ2v) is 6.07. The van der Waals surface area contributed by atoms with Crippen molar-refractivity contribution >= 4 is 5.91 Å². The zero-order valence-corrected chi connectivity index (χ0v) is 14.5. The molecule has 0 aromatic heterocycles. The van der Waals surface area contributed by atoms with Crippen molar-refractivity contribution in [2.24, 2.45) is 0 Å². The summed E-state index contributed by atoms with van der Waals surface area (Å²) >= 11 is 0. The molecule has 0 radical (unpaired) electrons. The Morgan fingerprint density at radius 1 is 0.800 bits per heavy atom. The lowest BCUT2D eigenvalue weighted by atomic mass is 9.94. The molecule has 0 spiro atoms. The number of hydrogen-bond donors (Lipinski definition) is 1. The van der Waals surface area contributed by atoms with E-state index < -0.39 is 48.5 Å². The summed E-state index contributed by atoms with van der Waals surface area (Å²) in [6.45, 7) is -0.797. The molecule has 2 nitrogen and oxygen atoms in total. The SMILES string of the molecule is O=C(NCCCc1ccccc1)C(F)(F)C(F)(F)C(F)(F)C(F)(F)C(F)(F)C(F)F. The van der Waals surface area contributed by atoms with Crippen LogP contribution < -0.4 is 5.32 Å². The zero-order valence-electron chi connectivity index (χ0n) is 14.5. The molecule has 14 heteroatoms. The van der Waals surface area contributed by atoms with E-state index in [1.807, 2.05) is 0 Å². The van der Waals surface area contributed by atoms with Crippen LogP contribution in [-0.2, 0) is 11.2 Å². The highest BCUT2D eigenvalue weighted by Crippen LogP contribution is 2.58. The third kappa shape index (κ3) is 4.31. The molecular formula is C16H13F12NO. The summed E-state index contributed by atoms with van der Waals surface area (Å²) < 4.78 is 156. The number of benzene rings is 1. The van der Waals surface area contributed by atoms with E-state index in [2.05, 4.69) is 0 Å². The molecule has 0 aliphatic carbocycles. The number of alkyl halides is 12. The van der Waals surface area contributed by atoms with Crippen molar-refractivity contribution in [2.75, 3.05) is 6.54 Å². The molecule has 172 valence electrons. The van der Waals surface area contributed by atoms with E-state index >= 15 is 0 Å². The fraction of sp³-hybridized carbons (Fsp3) is 0.562. The number of carbonyl (C=O) groups is 1. The monoisotopic (exact) mass is 463 g/mol. The highest BCUT2D eigenvalue weighted by atomic mass is 19.4. The fourth-order valence-corrected chi connectivity index (χ4v) is 2.13. The molecule has 0 saturated carbocycles. The second kappa shape index (κ2) is 8.53. The predicted molar refractivity (Wildman–Crippen MR) is 78.5 cm³/mol. The van der Waals surface area contributed by atoms with Crippen LogP contribution in [0.1, 0.15) is 12.0 Å². The maximum atomic E-state index is 13.6. The van der Waals surface area contributed by atoms with Gasteiger partial charge in [-0.1, -0.05) is 30.3 Å². The smallest absolute Gasteiger partial charge is 0.351 e. The molecule has 0 aliphatic rings. The minimum Gasteiger partial charge on any atom is -0.351 e. The number of hydrogen-bond acceptors (Lipinski definition) is 1. The number of rotatable bonds is 10. The summed E-state index contributed by atoms with van der Waals surface area (Å²) in [5.41, 5.74) is 0.615. The molecule has 30 heavy (non-hydrogen) atoms. The van der Waals surface area contributed by atoms with E-state index in [0.717, 1.165) is 5.32 Å². The molecule has 0 atom stereocenters. The van der Waals surface area contributed by atoms with Crippen molar-refractivity contribution in [3.05, 3.63) is 35.9 Å². The molecule has 1 rings (SSSR count). The van der Waals surface area contributed by atoms with E-state index in [1.54, 1.807) is 30.3 Å². The molecule has 1 amide bonds. The van der Waals surface area contributed by atoms with Crippen molar-refractivity contribution in [2.45, 2.75) is 48.9 Å². The topological polar surface area (TPSA) is 29.1 Å². The van der Waals surface area contributed by atoms with E-state index in [9.17, 15) is 57.5 Å². The summed E-state index contributed by atoms with van der Waals surface area (Å²) in [6.07, 6.45) is -5.65. The lowest BCUT2D eigenvalue weighted by Crippen LogP contribution is -2.70. The van der Waals surface area contributed by atoms with Crippen LogP contribution in [0, 0.1) is 0 Å². The van der Waals surface area contributed by atoms with Crippen molar-refractivity contribution < 1.29 is 57.5 Å². The number of carbonyl (C=O) groups excluding carboxylic acids is 1. The van der Waals surface area contributed by atoms with Gasteiger partial charge in [-0.25, -0.2) is 8.78 Å². The first kappa shape index (κ1) is 25.9. The zero-order chi connectivity index (χ0) is 23.6. The van der Waals surface area contributed by atoms with Crippen LogP contribution in [0.3, 0.4) is 0 Å². The highest BCUT2D eigenvalue weighted by molar-refractivity contribution is 5.84. The molecule has 0 unspecified atom stereocenters. The summed E-state index contributed by atoms with van der Waals surface area (Å²) in [5.74, 6) is -39.7. The van der Waals surface area contributed by atoms with Crippen LogP contribution >= 0.6 is 0 Å². The molecule has 1 aromatic carbocycles. The maximum absolute atomic E-state index is 13.6. The van der Waals surface area contributed by atoms with Gasteiger partial charge < -0.3 is 5.32 Å². The number of amides is 1. The Kier molecular flexibility index (Phi) is 7.36. The summed E-state index contributed by atoms with van der Waals surface area (Å²) in [5, 5.41) is 1.10. The molecular weight excluding hydrogens is 450 g/mol. The molecule has 0 heterocycles. The first-order valence-corrected chi connectivity index (χ1v) is 7.94. The van der Waals surface area contributed by atoms with Crippen molar-refractivity contribution in [1.29, 1.82) is 0 Å². The Bertz CT molecular complexity index is 720. The standard InChI is InChI=1S/C16H13F12NO/c17-10(18)12(19,20)14(23,24)16(27,28)15(25,26)13(21,22)11(30)29-8-4-7-9-5-2-1-3-6-9/h1-3,5-6,10H,4,7-8H2,(H,29,30). The molecule has 0 saturated heterocycles. The Morgan fingerprint density at radius 2 is 1.30 bits per heavy atom. The van der Waals surface area contributed by atoms with Crippen molar-refractivity contribution in [3.63, 3.8) is 0 Å². The van der Waals surface area contributed by atoms with Crippen LogP contribution in [0.15, 0.2) is 30.3 Å². The van der Waals surface area contributed by atoms with Crippen LogP contribution in [0.4, 0.5) is 52.7 Å². The first-order chi connectivity index (χ1) is 13.4. The van der Waals surface area contributed by atoms with Gasteiger partial charge in [0.2, 0.25) is 0 Å². The average Bonchev–Trinajstić information content (AvgIpc) is 2.64. The van der Waals surface area contributed by atoms with Crippen LogP contribution in [0.2, 0.25) is 0 Å². The van der Waals surface area contributed by atoms with E-state index in [1.165, 1.54) is 0 Å². The lowest BCUT2D eigenvalue weighted by Gasteiger charge is -2.38. The van der Waals surface area contributed by atoms with Gasteiger partial charge in [-0.15, -0.1) is 0 Å². The summed E-state index contributed by atoms with van der Waals surface area (Å²) in [6, 6.07) is 7.92. The number of aryl methyl sites for hydroxylation is 1. The van der Waals surface area contributed by atoms with Crippen LogP contribution in [0.5, 0.6) is 0 Å². The van der Waals surface area contributed by atoms with Gasteiger partial charge >= 0.3 is 36.0 Å². The van der Waals surface area contributed by atoms with E-state index in [4.69, 9.17) is 0 Å². The third-order valence-electron chi connectivity index (χ3n) is 3.93. The number of halogens is 12. The Balaban J connectivity index is 2.97. The maximum Gasteiger partial charge on any atom is 0.392 e. The molecule has 0 aliphatic heterocycles. The molecule has 0 fully saturated rings. The van der Waals surface area contributed by atoms with E-state index in [-0.39, 0.29) is 12.8 Å². The van der Waals surface area contributed by atoms with Crippen molar-refractivity contribution in [1.82, 2.24) is 5.32 Å². The highest BCUT2D eigenvalue weighted by Gasteiger charge is 2.89. The van der Waals surface area contributed by atoms with Crippen LogP contribution in [-0.4, -0.2) is 48.5 Å². The summed E-state index contributed by atoms with van der Waals surface area (Å²) in [7, 11) is 0. The van der Waals surface area contributed by atoms with Gasteiger partial charge in [-0.05, 0) is 18.4 Å². The Hall–Kier alpha value is -2.15. The van der Waals surface area contributed by atoms with Gasteiger partial charge in [0.25, 0.3) is 5.91 Å². The summed E-state index contributed by atoms with van der Waals surface area (Å²) in [4.78, 5) is 11.2. The van der Waals surface area contributed by atoms with Gasteiger partial charge in [-0.2, -0.15) is 43.9 Å². The molecule has 1 N–H and O–H groups in total. The average molecular weight is 463 g/mol. The predicted octanol–water partition coefficient (Wildman–Crippen LogP) is 5.18. The Labute approximate surface area is 161 Å². The minimum absolute atomic E-state index is 0.109. The molecule has 0 bridgehead atoms. The fourth-order valence-electron chi connectivity index (χ4n) is 2.13. The minimum atomic E-state index is -7.72. The van der Waals surface area contributed by atoms with E-state index in [0.29, 0.717) is 5.56 Å². The van der Waals surface area contributed by atoms with Crippen molar-refractivity contribution in [3.8, 4) is 0 Å². The Morgan fingerprint density at radius 3 is 1.77 bits per heavy atom. The van der Waals surface area contributed by atoms with Gasteiger partial charge in [0.15, 0.2) is 0 Å². The van der Waals surface area contributed by atoms with Gasteiger partial charge in [-0.3, -0.25) is 4.79 Å².